The highest BCUT2D eigenvalue weighted by atomic mass is 14.8. The molecule has 0 saturated heterocycles. The van der Waals surface area contributed by atoms with Crippen molar-refractivity contribution in [2.24, 2.45) is 0 Å². The van der Waals surface area contributed by atoms with E-state index < -0.39 is 0 Å². The number of nitriles is 1. The summed E-state index contributed by atoms with van der Waals surface area (Å²) in [5, 5.41) is 9.74. The normalized spacial score (nSPS) is 13.2. The highest BCUT2D eigenvalue weighted by Crippen LogP contribution is 2.41. The average molecular weight is 788 g/mol. The fraction of sp³-hybridized carbons (Fsp3) is 0.291. The predicted octanol–water partition coefficient (Wildman–Crippen LogP) is 14.7. The van der Waals surface area contributed by atoms with E-state index in [-0.39, 0.29) is 21.7 Å². The fourth-order valence-electron chi connectivity index (χ4n) is 8.04. The van der Waals surface area contributed by atoms with Crippen LogP contribution in [0.5, 0.6) is 0 Å². The van der Waals surface area contributed by atoms with Crippen molar-refractivity contribution in [2.75, 3.05) is 0 Å². The summed E-state index contributed by atoms with van der Waals surface area (Å²) < 4.78 is 0. The molecule has 3 aromatic carbocycles. The van der Waals surface area contributed by atoms with Gasteiger partial charge in [0.15, 0.2) is 0 Å². The molecule has 60 heavy (non-hydrogen) atoms. The first kappa shape index (κ1) is 40.5. The topological polar surface area (TPSA) is 81.2 Å². The van der Waals surface area contributed by atoms with Crippen LogP contribution in [0.15, 0.2) is 91.0 Å². The van der Waals surface area contributed by atoms with Crippen LogP contribution >= 0.6 is 0 Å². The van der Waals surface area contributed by atoms with Gasteiger partial charge in [-0.05, 0) is 127 Å². The lowest BCUT2D eigenvalue weighted by molar-refractivity contribution is 0.568. The molecular formula is C55H57N5. The molecule has 0 saturated carbocycles. The first-order valence-electron chi connectivity index (χ1n) is 21.1. The highest BCUT2D eigenvalue weighted by Gasteiger charge is 2.25. The first-order chi connectivity index (χ1) is 28.2. The van der Waals surface area contributed by atoms with E-state index >= 15 is 0 Å². The molecule has 5 nitrogen and oxygen atoms in total. The second-order valence-electron chi connectivity index (χ2n) is 20.6. The molecule has 8 bridgehead atoms. The van der Waals surface area contributed by atoms with Gasteiger partial charge in [-0.15, -0.1) is 0 Å². The number of H-pyrrole nitrogens is 2. The number of aromatic nitrogens is 4. The predicted molar refractivity (Wildman–Crippen MR) is 255 cm³/mol. The Bertz CT molecular complexity index is 2810. The molecule has 8 rings (SSSR count). The van der Waals surface area contributed by atoms with E-state index in [0.717, 1.165) is 78.2 Å². The van der Waals surface area contributed by atoms with Crippen LogP contribution in [0.2, 0.25) is 0 Å². The van der Waals surface area contributed by atoms with Crippen LogP contribution in [0.4, 0.5) is 0 Å². The summed E-state index contributed by atoms with van der Waals surface area (Å²) in [5.74, 6) is 0. The van der Waals surface area contributed by atoms with Crippen LogP contribution < -0.4 is 0 Å². The van der Waals surface area contributed by atoms with Crippen molar-refractivity contribution in [3.8, 4) is 39.4 Å². The highest BCUT2D eigenvalue weighted by molar-refractivity contribution is 5.98. The number of nitrogens with zero attached hydrogens (tertiary/aromatic N) is 3. The number of hydrogen-bond acceptors (Lipinski definition) is 3. The monoisotopic (exact) mass is 787 g/mol. The molecule has 0 amide bonds. The van der Waals surface area contributed by atoms with Crippen molar-refractivity contribution in [1.82, 2.24) is 19.9 Å². The van der Waals surface area contributed by atoms with E-state index in [1.807, 2.05) is 24.3 Å². The van der Waals surface area contributed by atoms with E-state index in [1.165, 1.54) is 22.3 Å². The number of rotatable bonds is 3. The summed E-state index contributed by atoms with van der Waals surface area (Å²) in [7, 11) is 0. The Kier molecular flexibility index (Phi) is 9.78. The van der Waals surface area contributed by atoms with E-state index in [1.54, 1.807) is 0 Å². The lowest BCUT2D eigenvalue weighted by atomic mass is 9.78. The minimum absolute atomic E-state index is 0.0601. The molecule has 0 aliphatic carbocycles. The molecule has 3 aromatic heterocycles. The minimum Gasteiger partial charge on any atom is -0.355 e. The summed E-state index contributed by atoms with van der Waals surface area (Å²) in [6.45, 7) is 27.3. The minimum atomic E-state index is -0.0601. The number of fused-ring (bicyclic) bond motifs is 8. The lowest BCUT2D eigenvalue weighted by Gasteiger charge is -2.26. The van der Waals surface area contributed by atoms with Crippen molar-refractivity contribution >= 4 is 46.4 Å². The Morgan fingerprint density at radius 3 is 1.27 bits per heavy atom. The van der Waals surface area contributed by atoms with Crippen molar-refractivity contribution in [1.29, 1.82) is 5.26 Å². The zero-order valence-electron chi connectivity index (χ0n) is 37.3. The van der Waals surface area contributed by atoms with Gasteiger partial charge >= 0.3 is 0 Å². The van der Waals surface area contributed by atoms with E-state index in [0.29, 0.717) is 5.56 Å². The molecule has 2 aliphatic rings. The number of hydrogen-bond donors (Lipinski definition) is 2. The molecule has 0 unspecified atom stereocenters. The maximum atomic E-state index is 9.74. The summed E-state index contributed by atoms with van der Waals surface area (Å²) in [5.41, 5.74) is 19.1. The third-order valence-corrected chi connectivity index (χ3v) is 11.8. The summed E-state index contributed by atoms with van der Waals surface area (Å²) >= 11 is 0. The Balaban J connectivity index is 1.52. The zero-order valence-corrected chi connectivity index (χ0v) is 37.3. The van der Waals surface area contributed by atoms with Gasteiger partial charge in [0.25, 0.3) is 0 Å². The van der Waals surface area contributed by atoms with Crippen LogP contribution in [-0.4, -0.2) is 19.9 Å². The van der Waals surface area contributed by atoms with Gasteiger partial charge in [-0.2, -0.15) is 5.26 Å². The third kappa shape index (κ3) is 7.92. The van der Waals surface area contributed by atoms with Gasteiger partial charge in [0.05, 0.1) is 34.4 Å². The average Bonchev–Trinajstić information content (AvgIpc) is 4.01. The molecule has 0 atom stereocenters. The smallest absolute Gasteiger partial charge is 0.0991 e. The molecule has 302 valence electrons. The number of benzene rings is 3. The maximum absolute atomic E-state index is 9.74. The summed E-state index contributed by atoms with van der Waals surface area (Å²) in [4.78, 5) is 18.5. The summed E-state index contributed by atoms with van der Waals surface area (Å²) in [6.07, 6.45) is 8.54. The first-order valence-corrected chi connectivity index (χ1v) is 21.1. The summed E-state index contributed by atoms with van der Waals surface area (Å²) in [6, 6.07) is 35.0. The van der Waals surface area contributed by atoms with Crippen LogP contribution in [0.1, 0.15) is 134 Å². The van der Waals surface area contributed by atoms with Crippen LogP contribution in [0.25, 0.3) is 79.8 Å². The Morgan fingerprint density at radius 1 is 0.417 bits per heavy atom. The standard InChI is InChI=1S/C55H57N5/c1-52(2,3)37-25-35(26-38(29-37)53(4,5)6)50-43-19-17-41(57-43)31-42-18-20-44(58-42)51(36-27-39(54(7,8)9)30-40(28-36)55(10,11)12)48-24-22-46(60-48)49(45-21-23-47(50)59-45)34-15-13-33(32-56)14-16-34/h13-31,57,60H,1-12H3. The molecule has 0 spiro atoms. The van der Waals surface area contributed by atoms with E-state index in [9.17, 15) is 5.26 Å². The van der Waals surface area contributed by atoms with E-state index in [2.05, 4.69) is 190 Å². The maximum Gasteiger partial charge on any atom is 0.0991 e. The van der Waals surface area contributed by atoms with Crippen molar-refractivity contribution in [3.63, 3.8) is 0 Å². The zero-order chi connectivity index (χ0) is 42.9. The van der Waals surface area contributed by atoms with E-state index in [4.69, 9.17) is 9.97 Å². The lowest BCUT2D eigenvalue weighted by Crippen LogP contribution is -2.16. The van der Waals surface area contributed by atoms with Crippen LogP contribution in [0.3, 0.4) is 0 Å². The number of aromatic amines is 2. The SMILES string of the molecule is CC(C)(C)c1cc(-c2c3nc(c(-c4ccc(C#N)cc4)c4ccc([nH]4)c(-c4cc(C(C)(C)C)cc(C(C)(C)C)c4)c4nc(cc5ccc2[nH]5)C=C4)C=C3)cc(C(C)(C)C)c1. The molecule has 5 heteroatoms. The van der Waals surface area contributed by atoms with Gasteiger partial charge < -0.3 is 9.97 Å². The van der Waals surface area contributed by atoms with Gasteiger partial charge in [-0.25, -0.2) is 9.97 Å². The number of nitrogens with one attached hydrogen (secondary N) is 2. The van der Waals surface area contributed by atoms with Gasteiger partial charge in [0.2, 0.25) is 0 Å². The van der Waals surface area contributed by atoms with Gasteiger partial charge in [-0.1, -0.05) is 132 Å². The fourth-order valence-corrected chi connectivity index (χ4v) is 8.04. The molecular weight excluding hydrogens is 731 g/mol. The van der Waals surface area contributed by atoms with Gasteiger partial charge in [-0.3, -0.25) is 0 Å². The Hall–Kier alpha value is -6.25. The van der Waals surface area contributed by atoms with Crippen LogP contribution in [0, 0.1) is 11.3 Å². The largest absolute Gasteiger partial charge is 0.355 e. The third-order valence-electron chi connectivity index (χ3n) is 11.8. The molecule has 2 aliphatic heterocycles. The Morgan fingerprint density at radius 2 is 0.817 bits per heavy atom. The Labute approximate surface area is 356 Å². The van der Waals surface area contributed by atoms with Gasteiger partial charge in [0.1, 0.15) is 0 Å². The quantitative estimate of drug-likeness (QED) is 0.187. The molecule has 5 heterocycles. The van der Waals surface area contributed by atoms with Crippen molar-refractivity contribution < 1.29 is 0 Å². The molecule has 6 aromatic rings. The molecule has 0 radical (unpaired) electrons. The van der Waals surface area contributed by atoms with Crippen LogP contribution in [-0.2, 0) is 21.7 Å². The van der Waals surface area contributed by atoms with Gasteiger partial charge in [0, 0.05) is 38.8 Å². The molecule has 0 fully saturated rings. The second kappa shape index (κ2) is 14.5. The van der Waals surface area contributed by atoms with Crippen molar-refractivity contribution in [3.05, 3.63) is 142 Å². The molecule has 2 N–H and O–H groups in total. The van der Waals surface area contributed by atoms with Crippen molar-refractivity contribution in [2.45, 2.75) is 105 Å². The second-order valence-corrected chi connectivity index (χ2v) is 20.6.